The molecule has 148 valence electrons. The monoisotopic (exact) mass is 408 g/mol. The van der Waals surface area contributed by atoms with Gasteiger partial charge in [-0.15, -0.1) is 11.3 Å². The van der Waals surface area contributed by atoms with Crippen molar-refractivity contribution >= 4 is 17.6 Å². The third kappa shape index (κ3) is 4.52. The van der Waals surface area contributed by atoms with Gasteiger partial charge in [0.1, 0.15) is 18.2 Å². The van der Waals surface area contributed by atoms with Gasteiger partial charge in [-0.05, 0) is 56.2 Å². The molecule has 3 rings (SSSR count). The molecule has 7 nitrogen and oxygen atoms in total. The van der Waals surface area contributed by atoms with Crippen molar-refractivity contribution in [3.05, 3.63) is 73.1 Å². The first kappa shape index (κ1) is 20.3. The van der Waals surface area contributed by atoms with Crippen LogP contribution in [0.3, 0.4) is 0 Å². The van der Waals surface area contributed by atoms with Gasteiger partial charge in [-0.1, -0.05) is 0 Å². The Kier molecular flexibility index (Phi) is 6.10. The Morgan fingerprint density at radius 3 is 2.72 bits per heavy atom. The number of thiazole rings is 1. The second kappa shape index (κ2) is 8.71. The zero-order valence-electron chi connectivity index (χ0n) is 16.6. The molecule has 0 saturated carbocycles. The van der Waals surface area contributed by atoms with Crippen molar-refractivity contribution in [2.24, 2.45) is 5.10 Å². The van der Waals surface area contributed by atoms with Gasteiger partial charge in [-0.3, -0.25) is 4.79 Å². The van der Waals surface area contributed by atoms with Crippen LogP contribution in [0.4, 0.5) is 0 Å². The summed E-state index contributed by atoms with van der Waals surface area (Å²) in [6.45, 7) is 5.80. The first-order valence-electron chi connectivity index (χ1n) is 8.82. The van der Waals surface area contributed by atoms with Crippen LogP contribution in [0.1, 0.15) is 33.1 Å². The summed E-state index contributed by atoms with van der Waals surface area (Å²) in [5.41, 5.74) is 2.53. The molecule has 2 heterocycles. The maximum absolute atomic E-state index is 12.4. The van der Waals surface area contributed by atoms with Crippen molar-refractivity contribution in [1.29, 1.82) is 5.26 Å². The molecule has 0 radical (unpaired) electrons. The van der Waals surface area contributed by atoms with Crippen LogP contribution in [0.2, 0.25) is 0 Å². The molecular weight excluding hydrogens is 388 g/mol. The van der Waals surface area contributed by atoms with E-state index < -0.39 is 5.56 Å². The van der Waals surface area contributed by atoms with Gasteiger partial charge >= 0.3 is 0 Å². The lowest BCUT2D eigenvalue weighted by molar-refractivity contribution is 0.281. The number of methoxy groups -OCH3 is 1. The number of nitriles is 1. The number of ether oxygens (including phenoxy) is 2. The van der Waals surface area contributed by atoms with Crippen molar-refractivity contribution in [2.75, 3.05) is 7.11 Å². The summed E-state index contributed by atoms with van der Waals surface area (Å²) < 4.78 is 12.4. The van der Waals surface area contributed by atoms with E-state index in [1.807, 2.05) is 24.4 Å². The van der Waals surface area contributed by atoms with Gasteiger partial charge in [0.05, 0.1) is 24.0 Å². The van der Waals surface area contributed by atoms with Gasteiger partial charge in [-0.2, -0.15) is 10.4 Å². The Morgan fingerprint density at radius 2 is 2.07 bits per heavy atom. The second-order valence-electron chi connectivity index (χ2n) is 6.37. The van der Waals surface area contributed by atoms with E-state index in [4.69, 9.17) is 9.47 Å². The molecule has 0 saturated heterocycles. The van der Waals surface area contributed by atoms with Crippen molar-refractivity contribution in [3.63, 3.8) is 0 Å². The van der Waals surface area contributed by atoms with Crippen molar-refractivity contribution in [1.82, 2.24) is 9.66 Å². The lowest BCUT2D eigenvalue weighted by Crippen LogP contribution is -2.22. The number of hydrogen-bond donors (Lipinski definition) is 0. The van der Waals surface area contributed by atoms with Crippen molar-refractivity contribution in [3.8, 4) is 17.6 Å². The molecule has 0 unspecified atom stereocenters. The molecule has 2 aromatic heterocycles. The quantitative estimate of drug-likeness (QED) is 0.582. The standard InChI is InChI=1S/C21H20N4O3S/c1-13-7-14(2)25(21(26)18(13)9-22)23-10-16-5-6-19(20(8-16)27-4)28-11-17-12-29-15(3)24-17/h5-8,10,12H,11H2,1-4H3. The molecular formula is C21H20N4O3S. The normalized spacial score (nSPS) is 10.9. The maximum atomic E-state index is 12.4. The average Bonchev–Trinajstić information content (AvgIpc) is 3.11. The number of nitrogens with zero attached hydrogens (tertiary/aromatic N) is 4. The van der Waals surface area contributed by atoms with Crippen LogP contribution >= 0.6 is 11.3 Å². The summed E-state index contributed by atoms with van der Waals surface area (Å²) in [4.78, 5) is 16.8. The van der Waals surface area contributed by atoms with Crippen LogP contribution in [-0.2, 0) is 6.61 Å². The molecule has 1 aromatic carbocycles. The summed E-state index contributed by atoms with van der Waals surface area (Å²) in [5, 5.41) is 16.4. The highest BCUT2D eigenvalue weighted by Gasteiger charge is 2.10. The summed E-state index contributed by atoms with van der Waals surface area (Å²) in [6, 6.07) is 9.06. The van der Waals surface area contributed by atoms with Crippen LogP contribution in [0.15, 0.2) is 39.5 Å². The summed E-state index contributed by atoms with van der Waals surface area (Å²) in [5.74, 6) is 1.14. The van der Waals surface area contributed by atoms with E-state index in [0.717, 1.165) is 16.3 Å². The minimum absolute atomic E-state index is 0.0892. The number of rotatable bonds is 6. The average molecular weight is 408 g/mol. The van der Waals surface area contributed by atoms with Crippen LogP contribution < -0.4 is 15.0 Å². The van der Waals surface area contributed by atoms with Crippen LogP contribution in [0, 0.1) is 32.1 Å². The van der Waals surface area contributed by atoms with Gasteiger partial charge in [-0.25, -0.2) is 9.66 Å². The van der Waals surface area contributed by atoms with E-state index in [2.05, 4.69) is 10.1 Å². The number of aryl methyl sites for hydroxylation is 3. The van der Waals surface area contributed by atoms with Crippen LogP contribution in [0.25, 0.3) is 0 Å². The molecule has 3 aromatic rings. The fraction of sp³-hybridized carbons (Fsp3) is 0.238. The first-order valence-corrected chi connectivity index (χ1v) is 9.70. The number of benzene rings is 1. The Balaban J connectivity index is 1.84. The maximum Gasteiger partial charge on any atom is 0.289 e. The molecule has 0 aliphatic heterocycles. The predicted molar refractivity (Wildman–Crippen MR) is 112 cm³/mol. The SMILES string of the molecule is COc1cc(C=Nn2c(C)cc(C)c(C#N)c2=O)ccc1OCc1csc(C)n1. The molecule has 0 amide bonds. The van der Waals surface area contributed by atoms with Gasteiger partial charge in [0.25, 0.3) is 5.56 Å². The van der Waals surface area contributed by atoms with Gasteiger partial charge in [0.15, 0.2) is 11.5 Å². The van der Waals surface area contributed by atoms with Crippen LogP contribution in [-0.4, -0.2) is 23.0 Å². The Labute approximate surface area is 172 Å². The minimum Gasteiger partial charge on any atom is -0.493 e. The van der Waals surface area contributed by atoms with Crippen molar-refractivity contribution in [2.45, 2.75) is 27.4 Å². The minimum atomic E-state index is -0.438. The lowest BCUT2D eigenvalue weighted by atomic mass is 10.1. The fourth-order valence-electron chi connectivity index (χ4n) is 2.80. The van der Waals surface area contributed by atoms with Gasteiger partial charge < -0.3 is 9.47 Å². The predicted octanol–water partition coefficient (Wildman–Crippen LogP) is 3.57. The molecule has 0 N–H and O–H groups in total. The third-order valence-corrected chi connectivity index (χ3v) is 5.05. The largest absolute Gasteiger partial charge is 0.493 e. The highest BCUT2D eigenvalue weighted by molar-refractivity contribution is 7.09. The Morgan fingerprint density at radius 1 is 1.28 bits per heavy atom. The molecule has 0 spiro atoms. The molecule has 0 fully saturated rings. The van der Waals surface area contributed by atoms with E-state index >= 15 is 0 Å². The first-order chi connectivity index (χ1) is 13.9. The topological polar surface area (TPSA) is 89.5 Å². The van der Waals surface area contributed by atoms with Crippen LogP contribution in [0.5, 0.6) is 11.5 Å². The zero-order valence-corrected chi connectivity index (χ0v) is 17.4. The van der Waals surface area contributed by atoms with E-state index in [1.54, 1.807) is 56.7 Å². The zero-order chi connectivity index (χ0) is 21.0. The van der Waals surface area contributed by atoms with Crippen molar-refractivity contribution < 1.29 is 9.47 Å². The second-order valence-corrected chi connectivity index (χ2v) is 7.44. The Hall–Kier alpha value is -3.44. The molecule has 0 aliphatic carbocycles. The van der Waals surface area contributed by atoms with E-state index in [-0.39, 0.29) is 5.56 Å². The molecule has 0 bridgehead atoms. The van der Waals surface area contributed by atoms with E-state index in [1.165, 1.54) is 4.68 Å². The number of pyridine rings is 1. The number of hydrogen-bond acceptors (Lipinski definition) is 7. The Bertz CT molecular complexity index is 1170. The molecule has 29 heavy (non-hydrogen) atoms. The van der Waals surface area contributed by atoms with E-state index in [9.17, 15) is 10.1 Å². The van der Waals surface area contributed by atoms with E-state index in [0.29, 0.717) is 29.4 Å². The third-order valence-electron chi connectivity index (χ3n) is 4.22. The lowest BCUT2D eigenvalue weighted by Gasteiger charge is -2.10. The number of aromatic nitrogens is 2. The van der Waals surface area contributed by atoms with Gasteiger partial charge in [0.2, 0.25) is 0 Å². The smallest absolute Gasteiger partial charge is 0.289 e. The van der Waals surface area contributed by atoms with Gasteiger partial charge in [0, 0.05) is 11.1 Å². The highest BCUT2D eigenvalue weighted by atomic mass is 32.1. The summed E-state index contributed by atoms with van der Waals surface area (Å²) >= 11 is 1.57. The molecule has 0 aliphatic rings. The summed E-state index contributed by atoms with van der Waals surface area (Å²) in [7, 11) is 1.56. The molecule has 8 heteroatoms. The highest BCUT2D eigenvalue weighted by Crippen LogP contribution is 2.28. The molecule has 0 atom stereocenters. The fourth-order valence-corrected chi connectivity index (χ4v) is 3.39. The summed E-state index contributed by atoms with van der Waals surface area (Å²) in [6.07, 6.45) is 1.54.